The highest BCUT2D eigenvalue weighted by molar-refractivity contribution is 9.09. The number of alkyl halides is 1. The molecule has 0 spiro atoms. The zero-order chi connectivity index (χ0) is 12.8. The van der Waals surface area contributed by atoms with Crippen molar-refractivity contribution in [3.8, 4) is 0 Å². The maximum absolute atomic E-state index is 6.24. The molecule has 1 nitrogen and oxygen atoms in total. The van der Waals surface area contributed by atoms with Gasteiger partial charge in [-0.2, -0.15) is 0 Å². The van der Waals surface area contributed by atoms with E-state index in [2.05, 4.69) is 64.5 Å². The van der Waals surface area contributed by atoms with Crippen LogP contribution < -0.4 is 5.73 Å². The molecule has 1 unspecified atom stereocenters. The molecule has 1 atom stereocenters. The number of rotatable bonds is 5. The summed E-state index contributed by atoms with van der Waals surface area (Å²) in [6.07, 6.45) is 1.95. The molecule has 0 amide bonds. The summed E-state index contributed by atoms with van der Waals surface area (Å²) in [5.41, 5.74) is 10.1. The highest BCUT2D eigenvalue weighted by Gasteiger charge is 2.06. The first-order valence-corrected chi connectivity index (χ1v) is 7.36. The molecular weight excluding hydrogens is 322 g/mol. The van der Waals surface area contributed by atoms with Crippen molar-refractivity contribution in [3.63, 3.8) is 0 Å². The van der Waals surface area contributed by atoms with Crippen molar-refractivity contribution in [2.75, 3.05) is 5.33 Å². The molecule has 19 heavy (non-hydrogen) atoms. The molecule has 0 heterocycles. The number of nitrogens with two attached hydrogens (primary N) is 1. The standard InChI is InChI=1S/C16H18BrN.ClH/c17-11-10-13-6-8-15(9-7-13)16(18)12-14-4-2-1-3-5-14;/h1-9,16H,10-12,18H2;1H. The van der Waals surface area contributed by atoms with Crippen molar-refractivity contribution in [2.45, 2.75) is 18.9 Å². The first kappa shape index (κ1) is 16.2. The van der Waals surface area contributed by atoms with Gasteiger partial charge in [-0.3, -0.25) is 0 Å². The Morgan fingerprint density at radius 1 is 0.895 bits per heavy atom. The third kappa shape index (κ3) is 4.98. The van der Waals surface area contributed by atoms with Gasteiger partial charge in [-0.15, -0.1) is 12.4 Å². The molecule has 0 aromatic heterocycles. The van der Waals surface area contributed by atoms with E-state index in [-0.39, 0.29) is 18.4 Å². The second-order valence-electron chi connectivity index (χ2n) is 4.48. The summed E-state index contributed by atoms with van der Waals surface area (Å²) in [5, 5.41) is 1.00. The Balaban J connectivity index is 0.00000180. The summed E-state index contributed by atoms with van der Waals surface area (Å²) >= 11 is 3.45. The minimum Gasteiger partial charge on any atom is -0.324 e. The van der Waals surface area contributed by atoms with Gasteiger partial charge in [0.1, 0.15) is 0 Å². The first-order chi connectivity index (χ1) is 8.79. The molecule has 0 aliphatic carbocycles. The van der Waals surface area contributed by atoms with Crippen molar-refractivity contribution in [2.24, 2.45) is 5.73 Å². The van der Waals surface area contributed by atoms with E-state index < -0.39 is 0 Å². The molecule has 3 heteroatoms. The van der Waals surface area contributed by atoms with Crippen LogP contribution in [0.3, 0.4) is 0 Å². The smallest absolute Gasteiger partial charge is 0.0335 e. The van der Waals surface area contributed by atoms with Crippen molar-refractivity contribution in [1.82, 2.24) is 0 Å². The molecule has 2 N–H and O–H groups in total. The number of halogens is 2. The van der Waals surface area contributed by atoms with Crippen LogP contribution in [0.2, 0.25) is 0 Å². The van der Waals surface area contributed by atoms with Crippen molar-refractivity contribution in [1.29, 1.82) is 0 Å². The van der Waals surface area contributed by atoms with Crippen LogP contribution in [0.15, 0.2) is 54.6 Å². The van der Waals surface area contributed by atoms with Gasteiger partial charge in [0.25, 0.3) is 0 Å². The van der Waals surface area contributed by atoms with Crippen LogP contribution in [0.5, 0.6) is 0 Å². The highest BCUT2D eigenvalue weighted by atomic mass is 79.9. The van der Waals surface area contributed by atoms with Crippen LogP contribution in [0.25, 0.3) is 0 Å². The van der Waals surface area contributed by atoms with Crippen LogP contribution in [-0.2, 0) is 12.8 Å². The topological polar surface area (TPSA) is 26.0 Å². The van der Waals surface area contributed by atoms with Gasteiger partial charge in [-0.25, -0.2) is 0 Å². The van der Waals surface area contributed by atoms with Crippen LogP contribution in [0, 0.1) is 0 Å². The average molecular weight is 341 g/mol. The van der Waals surface area contributed by atoms with Crippen LogP contribution in [0.1, 0.15) is 22.7 Å². The monoisotopic (exact) mass is 339 g/mol. The molecule has 0 saturated heterocycles. The molecule has 0 fully saturated rings. The van der Waals surface area contributed by atoms with Gasteiger partial charge in [0, 0.05) is 11.4 Å². The molecule has 2 aromatic carbocycles. The van der Waals surface area contributed by atoms with E-state index >= 15 is 0 Å². The van der Waals surface area contributed by atoms with Crippen LogP contribution >= 0.6 is 28.3 Å². The Bertz CT molecular complexity index is 470. The normalized spacial score (nSPS) is 11.7. The van der Waals surface area contributed by atoms with Crippen molar-refractivity contribution >= 4 is 28.3 Å². The van der Waals surface area contributed by atoms with Gasteiger partial charge in [-0.1, -0.05) is 70.5 Å². The van der Waals surface area contributed by atoms with Gasteiger partial charge in [-0.05, 0) is 29.5 Å². The summed E-state index contributed by atoms with van der Waals surface area (Å²) in [6.45, 7) is 0. The number of hydrogen-bond donors (Lipinski definition) is 1. The third-order valence-corrected chi connectivity index (χ3v) is 3.49. The molecule has 2 aromatic rings. The van der Waals surface area contributed by atoms with E-state index in [1.54, 1.807) is 0 Å². The highest BCUT2D eigenvalue weighted by Crippen LogP contribution is 2.17. The van der Waals surface area contributed by atoms with Crippen LogP contribution in [0.4, 0.5) is 0 Å². The fourth-order valence-corrected chi connectivity index (χ4v) is 2.48. The lowest BCUT2D eigenvalue weighted by Gasteiger charge is -2.12. The van der Waals surface area contributed by atoms with E-state index in [1.807, 2.05) is 6.07 Å². The lowest BCUT2D eigenvalue weighted by Crippen LogP contribution is -2.13. The fourth-order valence-electron chi connectivity index (χ4n) is 2.03. The number of benzene rings is 2. The third-order valence-electron chi connectivity index (χ3n) is 3.09. The Hall–Kier alpha value is -0.830. The zero-order valence-corrected chi connectivity index (χ0v) is 13.2. The summed E-state index contributed by atoms with van der Waals surface area (Å²) in [7, 11) is 0. The predicted octanol–water partition coefficient (Wildman–Crippen LogP) is 4.29. The van der Waals surface area contributed by atoms with Gasteiger partial charge >= 0.3 is 0 Å². The van der Waals surface area contributed by atoms with E-state index in [9.17, 15) is 0 Å². The zero-order valence-electron chi connectivity index (χ0n) is 10.8. The second kappa shape index (κ2) is 8.36. The summed E-state index contributed by atoms with van der Waals surface area (Å²) in [6, 6.07) is 19.1. The molecular formula is C16H19BrClN. The summed E-state index contributed by atoms with van der Waals surface area (Å²) < 4.78 is 0. The van der Waals surface area contributed by atoms with Crippen molar-refractivity contribution < 1.29 is 0 Å². The van der Waals surface area contributed by atoms with Crippen LogP contribution in [-0.4, -0.2) is 5.33 Å². The molecule has 0 aliphatic rings. The first-order valence-electron chi connectivity index (χ1n) is 6.24. The van der Waals surface area contributed by atoms with E-state index in [0.29, 0.717) is 0 Å². The summed E-state index contributed by atoms with van der Waals surface area (Å²) in [5.74, 6) is 0. The molecule has 2 rings (SSSR count). The second-order valence-corrected chi connectivity index (χ2v) is 5.27. The van der Waals surface area contributed by atoms with E-state index in [1.165, 1.54) is 16.7 Å². The number of hydrogen-bond acceptors (Lipinski definition) is 1. The van der Waals surface area contributed by atoms with Gasteiger partial charge in [0.05, 0.1) is 0 Å². The van der Waals surface area contributed by atoms with Crippen molar-refractivity contribution in [3.05, 3.63) is 71.3 Å². The average Bonchev–Trinajstić information content (AvgIpc) is 2.41. The molecule has 102 valence electrons. The molecule has 0 radical (unpaired) electrons. The SMILES string of the molecule is Cl.NC(Cc1ccccc1)c1ccc(CCBr)cc1. The van der Waals surface area contributed by atoms with E-state index in [0.717, 1.165) is 18.2 Å². The lowest BCUT2D eigenvalue weighted by atomic mass is 9.98. The Morgan fingerprint density at radius 3 is 2.11 bits per heavy atom. The minimum atomic E-state index is 0. The van der Waals surface area contributed by atoms with Gasteiger partial charge < -0.3 is 5.73 Å². The maximum atomic E-state index is 6.24. The summed E-state index contributed by atoms with van der Waals surface area (Å²) in [4.78, 5) is 0. The maximum Gasteiger partial charge on any atom is 0.0335 e. The Kier molecular flexibility index (Phi) is 7.14. The minimum absolute atomic E-state index is 0. The molecule has 0 saturated carbocycles. The van der Waals surface area contributed by atoms with E-state index in [4.69, 9.17) is 5.73 Å². The number of aryl methyl sites for hydroxylation is 1. The molecule has 0 aliphatic heterocycles. The van der Waals surface area contributed by atoms with Gasteiger partial charge in [0.15, 0.2) is 0 Å². The largest absolute Gasteiger partial charge is 0.324 e. The Morgan fingerprint density at radius 2 is 1.53 bits per heavy atom. The quantitative estimate of drug-likeness (QED) is 0.807. The predicted molar refractivity (Wildman–Crippen MR) is 88.3 cm³/mol. The van der Waals surface area contributed by atoms with Gasteiger partial charge in [0.2, 0.25) is 0 Å². The Labute approximate surface area is 129 Å². The molecule has 0 bridgehead atoms. The lowest BCUT2D eigenvalue weighted by molar-refractivity contribution is 0.721. The fraction of sp³-hybridized carbons (Fsp3) is 0.250.